The predicted molar refractivity (Wildman–Crippen MR) is 41.5 cm³/mol. The van der Waals surface area contributed by atoms with Crippen LogP contribution in [0.3, 0.4) is 0 Å². The number of hydrogen-bond donors (Lipinski definition) is 0. The molecule has 0 aromatic rings. The van der Waals surface area contributed by atoms with Gasteiger partial charge >= 0.3 is 17.1 Å². The second-order valence-electron chi connectivity index (χ2n) is 2.26. The predicted octanol–water partition coefficient (Wildman–Crippen LogP) is -5.84. The Morgan fingerprint density at radius 2 is 1.00 bits per heavy atom. The summed E-state index contributed by atoms with van der Waals surface area (Å²) in [6, 6.07) is 0. The van der Waals surface area contributed by atoms with Crippen molar-refractivity contribution >= 4 is 17.9 Å². The minimum atomic E-state index is -1.57. The Kier molecular flexibility index (Phi) is 18.0. The van der Waals surface area contributed by atoms with Gasteiger partial charge in [-0.05, 0) is 0 Å². The van der Waals surface area contributed by atoms with E-state index in [1.165, 1.54) is 0 Å². The summed E-state index contributed by atoms with van der Waals surface area (Å²) >= 11 is 0. The van der Waals surface area contributed by atoms with Crippen LogP contribution in [0.5, 0.6) is 0 Å². The molecule has 0 bridgehead atoms. The summed E-state index contributed by atoms with van der Waals surface area (Å²) in [5, 5.41) is 30.0. The number of hydrogen-bond acceptors (Lipinski definition) is 7. The maximum Gasteiger partial charge on any atom is 3.00 e. The van der Waals surface area contributed by atoms with Gasteiger partial charge in [-0.1, -0.05) is 0 Å². The summed E-state index contributed by atoms with van der Waals surface area (Å²) in [5.41, 5.74) is 0. The molecule has 0 fully saturated rings. The van der Waals surface area contributed by atoms with E-state index < -0.39 is 37.5 Å². The monoisotopic (exact) mass is 276 g/mol. The zero-order valence-corrected chi connectivity index (χ0v) is 9.58. The molecule has 8 nitrogen and oxygen atoms in total. The summed E-state index contributed by atoms with van der Waals surface area (Å²) in [7, 11) is 0. The average molecular weight is 276 g/mol. The van der Waals surface area contributed by atoms with Gasteiger partial charge in [0.1, 0.15) is 0 Å². The zero-order chi connectivity index (χ0) is 10.4. The van der Waals surface area contributed by atoms with Crippen molar-refractivity contribution in [1.82, 2.24) is 4.90 Å². The van der Waals surface area contributed by atoms with Crippen LogP contribution in [0.15, 0.2) is 0 Å². The minimum Gasteiger partial charge on any atom is -0.549 e. The van der Waals surface area contributed by atoms with Crippen LogP contribution in [0.4, 0.5) is 0 Å². The van der Waals surface area contributed by atoms with Gasteiger partial charge < -0.3 is 42.6 Å². The van der Waals surface area contributed by atoms with E-state index in [2.05, 4.69) is 0 Å². The van der Waals surface area contributed by atoms with E-state index in [1.54, 1.807) is 0 Å². The number of nitrogens with zero attached hydrogens (tertiary/aromatic N) is 1. The molecule has 0 spiro atoms. The summed E-state index contributed by atoms with van der Waals surface area (Å²) < 4.78 is 0. The smallest absolute Gasteiger partial charge is 0.549 e. The van der Waals surface area contributed by atoms with E-state index in [-0.39, 0.29) is 30.0 Å². The third-order valence-electron chi connectivity index (χ3n) is 1.06. The van der Waals surface area contributed by atoms with E-state index in [1.807, 2.05) is 0 Å². The van der Waals surface area contributed by atoms with Gasteiger partial charge in [0.05, 0.1) is 17.9 Å². The van der Waals surface area contributed by atoms with Crippen molar-refractivity contribution in [2.75, 3.05) is 19.6 Å². The van der Waals surface area contributed by atoms with Crippen molar-refractivity contribution in [3.63, 3.8) is 0 Å². The molecule has 0 unspecified atom stereocenters. The molecule has 0 atom stereocenters. The third kappa shape index (κ3) is 15.3. The Morgan fingerprint density at radius 3 is 1.12 bits per heavy atom. The van der Waals surface area contributed by atoms with Crippen LogP contribution in [0, 0.1) is 7.43 Å². The second-order valence-corrected chi connectivity index (χ2v) is 2.26. The normalized spacial score (nSPS) is 8.06. The van der Waals surface area contributed by atoms with Gasteiger partial charge in [-0.15, -0.1) is 0 Å². The van der Waals surface area contributed by atoms with Gasteiger partial charge in [-0.25, -0.2) is 0 Å². The average Bonchev–Trinajstić information content (AvgIpc) is 1.80. The molecule has 0 heterocycles. The quantitative estimate of drug-likeness (QED) is 0.345. The molecule has 0 saturated heterocycles. The van der Waals surface area contributed by atoms with E-state index >= 15 is 0 Å². The minimum absolute atomic E-state index is 0. The molecule has 9 heteroatoms. The SMILES string of the molecule is O.O=C([O-])CN(CC(=O)[O-])CC(=O)[O-].[CH3-].[Mn+3]. The maximum atomic E-state index is 9.99. The van der Waals surface area contributed by atoms with E-state index in [0.29, 0.717) is 4.90 Å². The zero-order valence-electron chi connectivity index (χ0n) is 8.40. The van der Waals surface area contributed by atoms with Crippen LogP contribution in [0.1, 0.15) is 0 Å². The van der Waals surface area contributed by atoms with Gasteiger partial charge in [-0.3, -0.25) is 4.90 Å². The summed E-state index contributed by atoms with van der Waals surface area (Å²) in [6.07, 6.45) is 0. The standard InChI is InChI=1S/C6H9NO6.CH3.Mn.H2O/c8-4(9)1-7(2-5(10)11)3-6(12)13;;;/h1-3H2,(H,8,9)(H,10,11)(H,12,13);1H3;;1H2/q;-1;+3;/p-3. The Balaban J connectivity index is -0.000000240. The molecule has 0 aliphatic heterocycles. The third-order valence-corrected chi connectivity index (χ3v) is 1.06. The van der Waals surface area contributed by atoms with Gasteiger partial charge in [0, 0.05) is 19.6 Å². The molecular weight excluding hydrogens is 265 g/mol. The Bertz CT molecular complexity index is 195. The van der Waals surface area contributed by atoms with Crippen LogP contribution in [-0.2, 0) is 31.5 Å². The van der Waals surface area contributed by atoms with Crippen molar-refractivity contribution in [3.05, 3.63) is 7.43 Å². The first-order valence-electron chi connectivity index (χ1n) is 3.23. The van der Waals surface area contributed by atoms with Crippen LogP contribution < -0.4 is 15.3 Å². The summed E-state index contributed by atoms with van der Waals surface area (Å²) in [6.45, 7) is -2.37. The Hall–Kier alpha value is -1.15. The molecule has 94 valence electrons. The molecule has 0 radical (unpaired) electrons. The van der Waals surface area contributed by atoms with Gasteiger partial charge in [-0.2, -0.15) is 0 Å². The molecule has 0 aliphatic rings. The first kappa shape index (κ1) is 24.2. The molecule has 0 saturated carbocycles. The first-order valence-corrected chi connectivity index (χ1v) is 3.23. The number of aliphatic carboxylic acids is 3. The van der Waals surface area contributed by atoms with Gasteiger partial charge in [0.25, 0.3) is 0 Å². The number of carbonyl (C=O) groups excluding carboxylic acids is 3. The largest absolute Gasteiger partial charge is 3.00 e. The number of rotatable bonds is 6. The fraction of sp³-hybridized carbons (Fsp3) is 0.429. The van der Waals surface area contributed by atoms with Crippen molar-refractivity contribution in [1.29, 1.82) is 0 Å². The number of carbonyl (C=O) groups is 3. The number of carboxylic acids is 3. The summed E-state index contributed by atoms with van der Waals surface area (Å²) in [4.78, 5) is 30.6. The van der Waals surface area contributed by atoms with Crippen LogP contribution in [0.2, 0.25) is 0 Å². The molecule has 2 N–H and O–H groups in total. The van der Waals surface area contributed by atoms with Gasteiger partial charge in [0.2, 0.25) is 0 Å². The fourth-order valence-corrected chi connectivity index (χ4v) is 0.715. The molecule has 16 heavy (non-hydrogen) atoms. The molecule has 0 aliphatic carbocycles. The van der Waals surface area contributed by atoms with Crippen molar-refractivity contribution in [3.8, 4) is 0 Å². The second kappa shape index (κ2) is 11.9. The van der Waals surface area contributed by atoms with Crippen molar-refractivity contribution in [2.45, 2.75) is 0 Å². The molecular formula is C7H11MnNO7-. The molecule has 0 amide bonds. The maximum absolute atomic E-state index is 9.99. The van der Waals surface area contributed by atoms with Crippen LogP contribution >= 0.6 is 0 Å². The van der Waals surface area contributed by atoms with E-state index in [0.717, 1.165) is 0 Å². The van der Waals surface area contributed by atoms with E-state index in [9.17, 15) is 29.7 Å². The fourth-order valence-electron chi connectivity index (χ4n) is 0.715. The Morgan fingerprint density at radius 1 is 0.812 bits per heavy atom. The summed E-state index contributed by atoms with van der Waals surface area (Å²) in [5.74, 6) is -4.70. The number of carboxylic acid groups (broad SMARTS) is 3. The van der Waals surface area contributed by atoms with Crippen molar-refractivity contribution < 1.29 is 52.2 Å². The van der Waals surface area contributed by atoms with Crippen LogP contribution in [0.25, 0.3) is 0 Å². The molecule has 0 aromatic heterocycles. The van der Waals surface area contributed by atoms with Crippen molar-refractivity contribution in [2.24, 2.45) is 0 Å². The topological polar surface area (TPSA) is 155 Å². The van der Waals surface area contributed by atoms with Crippen LogP contribution in [-0.4, -0.2) is 47.9 Å². The Labute approximate surface area is 103 Å². The molecule has 0 aromatic carbocycles. The van der Waals surface area contributed by atoms with E-state index in [4.69, 9.17) is 0 Å². The molecule has 0 rings (SSSR count). The first-order chi connectivity index (χ1) is 5.91. The van der Waals surface area contributed by atoms with Gasteiger partial charge in [0.15, 0.2) is 0 Å².